The lowest BCUT2D eigenvalue weighted by Gasteiger charge is -2.26. The number of hydrogen-bond acceptors (Lipinski definition) is 6. The van der Waals surface area contributed by atoms with Gasteiger partial charge in [-0.1, -0.05) is 12.1 Å². The van der Waals surface area contributed by atoms with Crippen LogP contribution in [-0.4, -0.2) is 37.4 Å². The molecule has 37 heavy (non-hydrogen) atoms. The van der Waals surface area contributed by atoms with Crippen LogP contribution >= 0.6 is 15.9 Å². The first kappa shape index (κ1) is 26.1. The van der Waals surface area contributed by atoms with E-state index >= 15 is 0 Å². The summed E-state index contributed by atoms with van der Waals surface area (Å²) in [4.78, 5) is 27.6. The van der Waals surface area contributed by atoms with Crippen molar-refractivity contribution in [2.75, 3.05) is 19.1 Å². The zero-order valence-corrected chi connectivity index (χ0v) is 21.0. The number of nitrogens with zero attached hydrogens (tertiary/aromatic N) is 1. The molecule has 1 saturated heterocycles. The number of aliphatic hydroxyl groups excluding tert-OH is 1. The van der Waals surface area contributed by atoms with Crippen molar-refractivity contribution in [2.45, 2.75) is 12.4 Å². The number of ketones is 1. The molecule has 11 heteroatoms. The van der Waals surface area contributed by atoms with E-state index in [-0.39, 0.29) is 16.8 Å². The minimum Gasteiger partial charge on any atom is -0.507 e. The standard InChI is InChI=1S/C26H19BrF3NO6/c1-35-18-5-3-4-14(12-18)22-21(23(32)15-6-11-20(36-2)19(27)13-15)24(33)25(34)31(22)16-7-9-17(10-8-16)37-26(28,29)30/h3-13,22,32H,1-2H3/b23-21-. The first-order valence-corrected chi connectivity index (χ1v) is 11.5. The molecule has 0 bridgehead atoms. The topological polar surface area (TPSA) is 85.3 Å². The Kier molecular flexibility index (Phi) is 7.17. The number of alkyl halides is 3. The van der Waals surface area contributed by atoms with E-state index in [1.54, 1.807) is 30.3 Å². The Labute approximate surface area is 217 Å². The summed E-state index contributed by atoms with van der Waals surface area (Å²) in [6.45, 7) is 0. The van der Waals surface area contributed by atoms with Crippen LogP contribution in [0.5, 0.6) is 17.2 Å². The summed E-state index contributed by atoms with van der Waals surface area (Å²) in [6.07, 6.45) is -4.89. The molecule has 3 aromatic carbocycles. The molecule has 1 heterocycles. The van der Waals surface area contributed by atoms with Crippen LogP contribution in [0.1, 0.15) is 17.2 Å². The number of methoxy groups -OCH3 is 2. The highest BCUT2D eigenvalue weighted by atomic mass is 79.9. The van der Waals surface area contributed by atoms with Crippen molar-refractivity contribution in [3.63, 3.8) is 0 Å². The lowest BCUT2D eigenvalue weighted by Crippen LogP contribution is -2.29. The third kappa shape index (κ3) is 5.26. The summed E-state index contributed by atoms with van der Waals surface area (Å²) in [7, 11) is 2.92. The molecule has 1 atom stereocenters. The van der Waals surface area contributed by atoms with Gasteiger partial charge in [0.25, 0.3) is 11.7 Å². The Balaban J connectivity index is 1.88. The lowest BCUT2D eigenvalue weighted by atomic mass is 9.95. The summed E-state index contributed by atoms with van der Waals surface area (Å²) in [5.74, 6) is -1.94. The van der Waals surface area contributed by atoms with Crippen LogP contribution in [0, 0.1) is 0 Å². The van der Waals surface area contributed by atoms with Gasteiger partial charge in [0.2, 0.25) is 0 Å². The van der Waals surface area contributed by atoms with Crippen molar-refractivity contribution in [3.05, 3.63) is 87.9 Å². The van der Waals surface area contributed by atoms with E-state index in [9.17, 15) is 27.9 Å². The maximum atomic E-state index is 13.3. The minimum atomic E-state index is -4.89. The molecule has 3 aromatic rings. The molecule has 192 valence electrons. The Morgan fingerprint density at radius 1 is 0.946 bits per heavy atom. The smallest absolute Gasteiger partial charge is 0.507 e. The molecule has 1 aliphatic heterocycles. The molecule has 1 unspecified atom stereocenters. The number of aliphatic hydroxyl groups is 1. The second-order valence-corrected chi connectivity index (χ2v) is 8.69. The number of halogens is 4. The van der Waals surface area contributed by atoms with Crippen LogP contribution in [0.2, 0.25) is 0 Å². The molecule has 0 spiro atoms. The van der Waals surface area contributed by atoms with E-state index in [4.69, 9.17) is 9.47 Å². The van der Waals surface area contributed by atoms with E-state index in [1.165, 1.54) is 38.5 Å². The molecule has 0 aliphatic carbocycles. The number of ether oxygens (including phenoxy) is 3. The number of rotatable bonds is 6. The SMILES string of the molecule is COc1cccc(C2/C(=C(/O)c3ccc(OC)c(Br)c3)C(=O)C(=O)N2c2ccc(OC(F)(F)F)cc2)c1. The fourth-order valence-electron chi connectivity index (χ4n) is 4.00. The van der Waals surface area contributed by atoms with Gasteiger partial charge >= 0.3 is 6.36 Å². The van der Waals surface area contributed by atoms with Crippen LogP contribution in [0.3, 0.4) is 0 Å². The fourth-order valence-corrected chi connectivity index (χ4v) is 4.54. The van der Waals surface area contributed by atoms with Crippen molar-refractivity contribution in [1.29, 1.82) is 0 Å². The van der Waals surface area contributed by atoms with Crippen molar-refractivity contribution in [2.24, 2.45) is 0 Å². The molecule has 0 aromatic heterocycles. The lowest BCUT2D eigenvalue weighted by molar-refractivity contribution is -0.274. The van der Waals surface area contributed by atoms with Crippen LogP contribution in [-0.2, 0) is 9.59 Å². The number of carbonyl (C=O) groups is 2. The van der Waals surface area contributed by atoms with Crippen molar-refractivity contribution < 1.29 is 42.1 Å². The molecule has 0 saturated carbocycles. The van der Waals surface area contributed by atoms with Crippen LogP contribution in [0.15, 0.2) is 76.8 Å². The first-order chi connectivity index (χ1) is 17.5. The predicted molar refractivity (Wildman–Crippen MR) is 132 cm³/mol. The number of benzene rings is 3. The molecular formula is C26H19BrF3NO6. The molecule has 1 fully saturated rings. The Morgan fingerprint density at radius 3 is 2.24 bits per heavy atom. The number of Topliss-reactive ketones (excluding diaryl/α,β-unsaturated/α-hetero) is 1. The van der Waals surface area contributed by atoms with Crippen molar-refractivity contribution in [3.8, 4) is 17.2 Å². The van der Waals surface area contributed by atoms with Gasteiger partial charge in [-0.3, -0.25) is 14.5 Å². The van der Waals surface area contributed by atoms with Gasteiger partial charge < -0.3 is 19.3 Å². The summed E-state index contributed by atoms with van der Waals surface area (Å²) >= 11 is 3.34. The van der Waals surface area contributed by atoms with Gasteiger partial charge in [-0.25, -0.2) is 0 Å². The summed E-state index contributed by atoms with van der Waals surface area (Å²) in [6, 6.07) is 14.6. The predicted octanol–water partition coefficient (Wildman–Crippen LogP) is 5.99. The second kappa shape index (κ2) is 10.2. The second-order valence-electron chi connectivity index (χ2n) is 7.84. The monoisotopic (exact) mass is 577 g/mol. The fraction of sp³-hybridized carbons (Fsp3) is 0.154. The van der Waals surface area contributed by atoms with Crippen molar-refractivity contribution in [1.82, 2.24) is 0 Å². The zero-order valence-electron chi connectivity index (χ0n) is 19.4. The molecule has 7 nitrogen and oxygen atoms in total. The van der Waals surface area contributed by atoms with Crippen molar-refractivity contribution >= 4 is 39.1 Å². The summed E-state index contributed by atoms with van der Waals surface area (Å²) < 4.78 is 52.7. The number of carbonyl (C=O) groups excluding carboxylic acids is 2. The van der Waals surface area contributed by atoms with Crippen LogP contribution in [0.4, 0.5) is 18.9 Å². The van der Waals surface area contributed by atoms with E-state index in [2.05, 4.69) is 20.7 Å². The molecule has 0 radical (unpaired) electrons. The Bertz CT molecular complexity index is 1390. The van der Waals surface area contributed by atoms with Gasteiger partial charge in [0.1, 0.15) is 23.0 Å². The molecule has 1 amide bonds. The van der Waals surface area contributed by atoms with Gasteiger partial charge in [-0.2, -0.15) is 0 Å². The van der Waals surface area contributed by atoms with Gasteiger partial charge in [-0.15, -0.1) is 13.2 Å². The largest absolute Gasteiger partial charge is 0.573 e. The average molecular weight is 578 g/mol. The molecule has 1 aliphatic rings. The van der Waals surface area contributed by atoms with Crippen LogP contribution < -0.4 is 19.1 Å². The average Bonchev–Trinajstić information content (AvgIpc) is 3.13. The third-order valence-electron chi connectivity index (χ3n) is 5.63. The summed E-state index contributed by atoms with van der Waals surface area (Å²) in [5, 5.41) is 11.2. The van der Waals surface area contributed by atoms with E-state index in [1.807, 2.05) is 0 Å². The molecule has 4 rings (SSSR count). The number of anilines is 1. The highest BCUT2D eigenvalue weighted by Gasteiger charge is 2.47. The van der Waals surface area contributed by atoms with Gasteiger partial charge in [0.05, 0.1) is 30.3 Å². The van der Waals surface area contributed by atoms with E-state index < -0.39 is 35.6 Å². The zero-order chi connectivity index (χ0) is 26.9. The third-order valence-corrected chi connectivity index (χ3v) is 6.25. The quantitative estimate of drug-likeness (QED) is 0.220. The first-order valence-electron chi connectivity index (χ1n) is 10.7. The van der Waals surface area contributed by atoms with Gasteiger partial charge in [-0.05, 0) is 76.1 Å². The Hall–Kier alpha value is -3.99. The number of amides is 1. The summed E-state index contributed by atoms with van der Waals surface area (Å²) in [5.41, 5.74) is 0.598. The highest BCUT2D eigenvalue weighted by molar-refractivity contribution is 9.10. The van der Waals surface area contributed by atoms with E-state index in [0.29, 0.717) is 21.5 Å². The highest BCUT2D eigenvalue weighted by Crippen LogP contribution is 2.43. The minimum absolute atomic E-state index is 0.124. The van der Waals surface area contributed by atoms with Gasteiger partial charge in [0.15, 0.2) is 0 Å². The van der Waals surface area contributed by atoms with Crippen LogP contribution in [0.25, 0.3) is 5.76 Å². The molecular weight excluding hydrogens is 559 g/mol. The normalized spacial score (nSPS) is 17.1. The Morgan fingerprint density at radius 2 is 1.65 bits per heavy atom. The van der Waals surface area contributed by atoms with Gasteiger partial charge in [0, 0.05) is 11.3 Å². The maximum Gasteiger partial charge on any atom is 0.573 e. The molecule has 1 N–H and O–H groups in total. The van der Waals surface area contributed by atoms with E-state index in [0.717, 1.165) is 17.0 Å². The number of hydrogen-bond donors (Lipinski definition) is 1. The maximum absolute atomic E-state index is 13.3.